The molecule has 1 saturated heterocycles. The van der Waals surface area contributed by atoms with Crippen LogP contribution in [0.1, 0.15) is 28.2 Å². The molecule has 2 aromatic rings. The Kier molecular flexibility index (Phi) is 4.67. The Morgan fingerprint density at radius 2 is 2.40 bits per heavy atom. The largest absolute Gasteiger partial charge is 0.347 e. The Balaban J connectivity index is 0.00000147. The standard InChI is InChI=1S/C13H18N4OS.ClH/c1-8-10-6-11(19-13(10)17(2)16-8)12(18)15-9-4-3-5-14-7-9;/h6,9,14H,3-5,7H2,1-2H3,(H,15,18);1H. The van der Waals surface area contributed by atoms with Crippen LogP contribution in [0.25, 0.3) is 10.2 Å². The van der Waals surface area contributed by atoms with Gasteiger partial charge in [-0.3, -0.25) is 9.48 Å². The van der Waals surface area contributed by atoms with Crippen molar-refractivity contribution < 1.29 is 4.79 Å². The molecule has 1 unspecified atom stereocenters. The summed E-state index contributed by atoms with van der Waals surface area (Å²) < 4.78 is 1.84. The Morgan fingerprint density at radius 1 is 1.60 bits per heavy atom. The van der Waals surface area contributed by atoms with Gasteiger partial charge in [-0.05, 0) is 32.4 Å². The molecule has 5 nitrogen and oxygen atoms in total. The maximum atomic E-state index is 12.2. The lowest BCUT2D eigenvalue weighted by atomic mass is 10.1. The number of nitrogens with one attached hydrogen (secondary N) is 2. The number of aryl methyl sites for hydroxylation is 2. The summed E-state index contributed by atoms with van der Waals surface area (Å²) in [5.74, 6) is 0.0364. The molecule has 1 atom stereocenters. The van der Waals surface area contributed by atoms with Crippen molar-refractivity contribution >= 4 is 39.9 Å². The molecule has 1 aliphatic rings. The van der Waals surface area contributed by atoms with Crippen molar-refractivity contribution in [3.63, 3.8) is 0 Å². The molecule has 2 aromatic heterocycles. The number of carbonyl (C=O) groups is 1. The first-order valence-corrected chi connectivity index (χ1v) is 7.41. The van der Waals surface area contributed by atoms with Crippen LogP contribution in [-0.2, 0) is 7.05 Å². The van der Waals surface area contributed by atoms with Crippen molar-refractivity contribution in [3.05, 3.63) is 16.6 Å². The molecule has 2 N–H and O–H groups in total. The molecule has 0 aliphatic carbocycles. The maximum absolute atomic E-state index is 12.2. The van der Waals surface area contributed by atoms with E-state index in [1.54, 1.807) is 0 Å². The number of fused-ring (bicyclic) bond motifs is 1. The zero-order chi connectivity index (χ0) is 13.4. The van der Waals surface area contributed by atoms with E-state index >= 15 is 0 Å². The lowest BCUT2D eigenvalue weighted by molar-refractivity contribution is 0.0935. The average Bonchev–Trinajstić information content (AvgIpc) is 2.94. The van der Waals surface area contributed by atoms with Crippen LogP contribution in [0.4, 0.5) is 0 Å². The van der Waals surface area contributed by atoms with E-state index in [0.29, 0.717) is 0 Å². The van der Waals surface area contributed by atoms with Crippen LogP contribution in [0.15, 0.2) is 6.07 Å². The summed E-state index contributed by atoms with van der Waals surface area (Å²) in [6.07, 6.45) is 2.19. The molecule has 3 rings (SSSR count). The number of nitrogens with zero attached hydrogens (tertiary/aromatic N) is 2. The summed E-state index contributed by atoms with van der Waals surface area (Å²) >= 11 is 1.51. The fraction of sp³-hybridized carbons (Fsp3) is 0.538. The fourth-order valence-electron chi connectivity index (χ4n) is 2.55. The van der Waals surface area contributed by atoms with Crippen molar-refractivity contribution in [1.29, 1.82) is 0 Å². The van der Waals surface area contributed by atoms with Crippen molar-refractivity contribution in [3.8, 4) is 0 Å². The van der Waals surface area contributed by atoms with Gasteiger partial charge in [-0.1, -0.05) is 0 Å². The molecule has 1 amide bonds. The predicted molar refractivity (Wildman–Crippen MR) is 83.9 cm³/mol. The summed E-state index contributed by atoms with van der Waals surface area (Å²) in [7, 11) is 1.92. The Bertz CT molecular complexity index is 581. The average molecular weight is 315 g/mol. The minimum absolute atomic E-state index is 0. The van der Waals surface area contributed by atoms with Crippen LogP contribution in [0, 0.1) is 6.92 Å². The van der Waals surface area contributed by atoms with Gasteiger partial charge in [-0.15, -0.1) is 23.7 Å². The number of rotatable bonds is 2. The van der Waals surface area contributed by atoms with E-state index in [1.807, 2.05) is 24.7 Å². The number of halogens is 1. The topological polar surface area (TPSA) is 59.0 Å². The quantitative estimate of drug-likeness (QED) is 0.889. The highest BCUT2D eigenvalue weighted by Gasteiger charge is 2.19. The van der Waals surface area contributed by atoms with E-state index in [1.165, 1.54) is 11.3 Å². The van der Waals surface area contributed by atoms with Crippen LogP contribution in [-0.4, -0.2) is 34.8 Å². The van der Waals surface area contributed by atoms with Gasteiger partial charge in [0.1, 0.15) is 4.83 Å². The van der Waals surface area contributed by atoms with Gasteiger partial charge < -0.3 is 10.6 Å². The number of aromatic nitrogens is 2. The third-order valence-electron chi connectivity index (χ3n) is 3.55. The molecule has 3 heterocycles. The van der Waals surface area contributed by atoms with Crippen molar-refractivity contribution in [1.82, 2.24) is 20.4 Å². The van der Waals surface area contributed by atoms with Crippen LogP contribution >= 0.6 is 23.7 Å². The zero-order valence-electron chi connectivity index (χ0n) is 11.6. The number of hydrogen-bond acceptors (Lipinski definition) is 4. The van der Waals surface area contributed by atoms with E-state index < -0.39 is 0 Å². The summed E-state index contributed by atoms with van der Waals surface area (Å²) in [4.78, 5) is 14.1. The number of thiophene rings is 1. The SMILES string of the molecule is Cc1nn(C)c2sc(C(=O)NC3CCCNC3)cc12.Cl. The Morgan fingerprint density at radius 3 is 3.05 bits per heavy atom. The molecule has 110 valence electrons. The van der Waals surface area contributed by atoms with E-state index in [4.69, 9.17) is 0 Å². The lowest BCUT2D eigenvalue weighted by Gasteiger charge is -2.23. The molecule has 0 spiro atoms. The minimum atomic E-state index is 0. The van der Waals surface area contributed by atoms with Crippen LogP contribution in [0.2, 0.25) is 0 Å². The highest BCUT2D eigenvalue weighted by molar-refractivity contribution is 7.20. The van der Waals surface area contributed by atoms with Crippen molar-refractivity contribution in [2.45, 2.75) is 25.8 Å². The summed E-state index contributed by atoms with van der Waals surface area (Å²) in [6.45, 7) is 3.90. The number of hydrogen-bond donors (Lipinski definition) is 2. The fourth-order valence-corrected chi connectivity index (χ4v) is 3.57. The number of amides is 1. The van der Waals surface area contributed by atoms with Gasteiger partial charge >= 0.3 is 0 Å². The van der Waals surface area contributed by atoms with Gasteiger partial charge in [-0.2, -0.15) is 5.10 Å². The molecule has 7 heteroatoms. The smallest absolute Gasteiger partial charge is 0.261 e. The highest BCUT2D eigenvalue weighted by atomic mass is 35.5. The third-order valence-corrected chi connectivity index (χ3v) is 4.75. The van der Waals surface area contributed by atoms with Gasteiger partial charge in [0.25, 0.3) is 5.91 Å². The van der Waals surface area contributed by atoms with Gasteiger partial charge in [-0.25, -0.2) is 0 Å². The molecule has 20 heavy (non-hydrogen) atoms. The first kappa shape index (κ1) is 15.3. The van der Waals surface area contributed by atoms with Gasteiger partial charge in [0.05, 0.1) is 10.6 Å². The molecule has 0 saturated carbocycles. The molecule has 0 aromatic carbocycles. The minimum Gasteiger partial charge on any atom is -0.347 e. The second-order valence-corrected chi connectivity index (χ2v) is 6.09. The number of carbonyl (C=O) groups excluding carboxylic acids is 1. The van der Waals surface area contributed by atoms with Crippen LogP contribution in [0.3, 0.4) is 0 Å². The van der Waals surface area contributed by atoms with Crippen LogP contribution in [0.5, 0.6) is 0 Å². The Hall–Kier alpha value is -1.11. The molecule has 0 bridgehead atoms. The molecular weight excluding hydrogens is 296 g/mol. The van der Waals surface area contributed by atoms with Crippen molar-refractivity contribution in [2.75, 3.05) is 13.1 Å². The first-order valence-electron chi connectivity index (χ1n) is 6.60. The predicted octanol–water partition coefficient (Wildman–Crippen LogP) is 1.85. The van der Waals surface area contributed by atoms with E-state index in [2.05, 4.69) is 15.7 Å². The van der Waals surface area contributed by atoms with Crippen molar-refractivity contribution in [2.24, 2.45) is 7.05 Å². The van der Waals surface area contributed by atoms with Gasteiger partial charge in [0.15, 0.2) is 0 Å². The highest BCUT2D eigenvalue weighted by Crippen LogP contribution is 2.27. The van der Waals surface area contributed by atoms with E-state index in [0.717, 1.165) is 46.7 Å². The molecule has 1 aliphatic heterocycles. The van der Waals surface area contributed by atoms with Gasteiger partial charge in [0, 0.05) is 25.0 Å². The summed E-state index contributed by atoms with van der Waals surface area (Å²) in [6, 6.07) is 2.21. The first-order chi connectivity index (χ1) is 9.15. The molecule has 1 fully saturated rings. The zero-order valence-corrected chi connectivity index (χ0v) is 13.2. The Labute approximate surface area is 128 Å². The monoisotopic (exact) mass is 314 g/mol. The number of piperidine rings is 1. The molecular formula is C13H19ClN4OS. The second kappa shape index (κ2) is 6.11. The lowest BCUT2D eigenvalue weighted by Crippen LogP contribution is -2.45. The second-order valence-electron chi connectivity index (χ2n) is 5.06. The van der Waals surface area contributed by atoms with E-state index in [9.17, 15) is 4.79 Å². The third kappa shape index (κ3) is 2.82. The summed E-state index contributed by atoms with van der Waals surface area (Å²) in [5, 5.41) is 11.8. The maximum Gasteiger partial charge on any atom is 0.261 e. The molecule has 0 radical (unpaired) electrons. The normalized spacial score (nSPS) is 18.8. The van der Waals surface area contributed by atoms with Gasteiger partial charge in [0.2, 0.25) is 0 Å². The van der Waals surface area contributed by atoms with E-state index in [-0.39, 0.29) is 24.4 Å². The summed E-state index contributed by atoms with van der Waals surface area (Å²) in [5.41, 5.74) is 0.979. The van der Waals surface area contributed by atoms with Crippen LogP contribution < -0.4 is 10.6 Å².